The fourth-order valence-electron chi connectivity index (χ4n) is 2.59. The second kappa shape index (κ2) is 7.26. The summed E-state index contributed by atoms with van der Waals surface area (Å²) >= 11 is 0. The van der Waals surface area contributed by atoms with Gasteiger partial charge in [0.1, 0.15) is 17.5 Å². The quantitative estimate of drug-likeness (QED) is 0.652. The van der Waals surface area contributed by atoms with Gasteiger partial charge in [0.05, 0.1) is 13.2 Å². The third kappa shape index (κ3) is 3.57. The van der Waals surface area contributed by atoms with Gasteiger partial charge in [0.15, 0.2) is 0 Å². The van der Waals surface area contributed by atoms with E-state index in [4.69, 9.17) is 21.9 Å². The summed E-state index contributed by atoms with van der Waals surface area (Å²) in [5.41, 5.74) is 20.1. The van der Waals surface area contributed by atoms with E-state index >= 15 is 0 Å². The van der Waals surface area contributed by atoms with Crippen LogP contribution in [0, 0.1) is 6.92 Å². The lowest BCUT2D eigenvalue weighted by Crippen LogP contribution is -2.11. The molecule has 0 unspecified atom stereocenters. The van der Waals surface area contributed by atoms with Crippen LogP contribution in [0.3, 0.4) is 0 Å². The Balaban J connectivity index is 1.87. The molecule has 0 aliphatic rings. The molecule has 6 heteroatoms. The predicted octanol–water partition coefficient (Wildman–Crippen LogP) is 2.36. The Bertz CT molecular complexity index is 595. The van der Waals surface area contributed by atoms with E-state index in [9.17, 15) is 0 Å². The van der Waals surface area contributed by atoms with Gasteiger partial charge in [0.2, 0.25) is 0 Å². The molecular formula is C16H27N5O. The summed E-state index contributed by atoms with van der Waals surface area (Å²) < 4.78 is 9.72. The van der Waals surface area contributed by atoms with Crippen LogP contribution in [0.4, 0.5) is 17.5 Å². The molecule has 0 radical (unpaired) electrons. The maximum atomic E-state index is 6.21. The monoisotopic (exact) mass is 305 g/mol. The molecule has 0 atom stereocenters. The average Bonchev–Trinajstić information content (AvgIpc) is 2.94. The Hall–Kier alpha value is -2.08. The summed E-state index contributed by atoms with van der Waals surface area (Å²) in [6.45, 7) is 6.91. The van der Waals surface area contributed by atoms with Crippen molar-refractivity contribution in [2.45, 2.75) is 46.4 Å². The zero-order valence-corrected chi connectivity index (χ0v) is 13.5. The summed E-state index contributed by atoms with van der Waals surface area (Å²) in [5, 5.41) is 0. The first-order chi connectivity index (χ1) is 10.5. The highest BCUT2D eigenvalue weighted by Gasteiger charge is 2.10. The lowest BCUT2D eigenvalue weighted by molar-refractivity contribution is 0.114. The third-order valence-electron chi connectivity index (χ3n) is 3.93. The number of nitrogen functional groups attached to an aromatic ring is 3. The number of aryl methyl sites for hydroxylation is 1. The molecule has 6 nitrogen and oxygen atoms in total. The third-order valence-corrected chi connectivity index (χ3v) is 3.93. The number of hydrogen-bond acceptors (Lipinski definition) is 4. The Labute approximate surface area is 131 Å². The van der Waals surface area contributed by atoms with Gasteiger partial charge in [0.25, 0.3) is 0 Å². The first-order valence-corrected chi connectivity index (χ1v) is 7.77. The number of hydrogen-bond donors (Lipinski definition) is 3. The Morgan fingerprint density at radius 1 is 1.05 bits per heavy atom. The molecule has 0 amide bonds. The molecule has 0 saturated heterocycles. The standard InChI is InChI=1S/C16H27N5O/c1-3-4-7-20-12(2)10-13(16(20)19)11-22-9-8-21-14(17)5-6-15(21)18/h5-6,10H,3-4,7-9,11,17-19H2,1-2H3. The molecule has 2 rings (SSSR count). The van der Waals surface area contributed by atoms with E-state index in [2.05, 4.69) is 24.5 Å². The Kier molecular flexibility index (Phi) is 5.38. The zero-order chi connectivity index (χ0) is 16.1. The highest BCUT2D eigenvalue weighted by atomic mass is 16.5. The molecule has 0 saturated carbocycles. The van der Waals surface area contributed by atoms with Gasteiger partial charge >= 0.3 is 0 Å². The summed E-state index contributed by atoms with van der Waals surface area (Å²) in [5.74, 6) is 2.12. The summed E-state index contributed by atoms with van der Waals surface area (Å²) in [7, 11) is 0. The molecule has 122 valence electrons. The van der Waals surface area contributed by atoms with Crippen LogP contribution < -0.4 is 17.2 Å². The smallest absolute Gasteiger partial charge is 0.109 e. The van der Waals surface area contributed by atoms with Crippen molar-refractivity contribution in [1.82, 2.24) is 9.13 Å². The number of aromatic nitrogens is 2. The second-order valence-corrected chi connectivity index (χ2v) is 5.59. The van der Waals surface area contributed by atoms with Crippen molar-refractivity contribution in [3.63, 3.8) is 0 Å². The van der Waals surface area contributed by atoms with Gasteiger partial charge in [-0.15, -0.1) is 0 Å². The highest BCUT2D eigenvalue weighted by molar-refractivity contribution is 5.45. The van der Waals surface area contributed by atoms with E-state index in [1.807, 2.05) is 4.57 Å². The predicted molar refractivity (Wildman–Crippen MR) is 91.4 cm³/mol. The van der Waals surface area contributed by atoms with Crippen LogP contribution in [0.1, 0.15) is 31.0 Å². The van der Waals surface area contributed by atoms with Crippen molar-refractivity contribution in [2.24, 2.45) is 0 Å². The highest BCUT2D eigenvalue weighted by Crippen LogP contribution is 2.20. The summed E-state index contributed by atoms with van der Waals surface area (Å²) in [4.78, 5) is 0. The Morgan fingerprint density at radius 2 is 1.73 bits per heavy atom. The van der Waals surface area contributed by atoms with Crippen LogP contribution in [0.5, 0.6) is 0 Å². The van der Waals surface area contributed by atoms with Gasteiger partial charge in [-0.3, -0.25) is 0 Å². The molecule has 22 heavy (non-hydrogen) atoms. The van der Waals surface area contributed by atoms with Crippen molar-refractivity contribution >= 4 is 17.5 Å². The van der Waals surface area contributed by atoms with Crippen LogP contribution in [0.15, 0.2) is 18.2 Å². The van der Waals surface area contributed by atoms with Gasteiger partial charge in [0, 0.05) is 24.3 Å². The molecule has 0 spiro atoms. The van der Waals surface area contributed by atoms with E-state index in [1.165, 1.54) is 5.69 Å². The van der Waals surface area contributed by atoms with Crippen molar-refractivity contribution in [3.05, 3.63) is 29.5 Å². The summed E-state index contributed by atoms with van der Waals surface area (Å²) in [6.07, 6.45) is 2.29. The number of ether oxygens (including phenoxy) is 1. The lowest BCUT2D eigenvalue weighted by atomic mass is 10.3. The van der Waals surface area contributed by atoms with E-state index in [1.54, 1.807) is 12.1 Å². The van der Waals surface area contributed by atoms with Crippen LogP contribution in [0.25, 0.3) is 0 Å². The molecule has 0 aromatic carbocycles. The molecular weight excluding hydrogens is 278 g/mol. The normalized spacial score (nSPS) is 11.2. The maximum absolute atomic E-state index is 6.21. The lowest BCUT2D eigenvalue weighted by Gasteiger charge is -2.10. The zero-order valence-electron chi connectivity index (χ0n) is 13.5. The first kappa shape index (κ1) is 16.3. The number of unbranched alkanes of at least 4 members (excludes halogenated alkanes) is 1. The fraction of sp³-hybridized carbons (Fsp3) is 0.500. The van der Waals surface area contributed by atoms with Crippen LogP contribution in [0.2, 0.25) is 0 Å². The van der Waals surface area contributed by atoms with Gasteiger partial charge in [-0.25, -0.2) is 0 Å². The van der Waals surface area contributed by atoms with E-state index in [0.29, 0.717) is 31.4 Å². The van der Waals surface area contributed by atoms with Gasteiger partial charge in [-0.1, -0.05) is 13.3 Å². The number of anilines is 3. The first-order valence-electron chi connectivity index (χ1n) is 7.77. The average molecular weight is 305 g/mol. The summed E-state index contributed by atoms with van der Waals surface area (Å²) in [6, 6.07) is 5.69. The van der Waals surface area contributed by atoms with Crippen molar-refractivity contribution in [1.29, 1.82) is 0 Å². The van der Waals surface area contributed by atoms with Gasteiger partial charge < -0.3 is 31.1 Å². The molecule has 2 heterocycles. The van der Waals surface area contributed by atoms with Crippen molar-refractivity contribution < 1.29 is 4.74 Å². The van der Waals surface area contributed by atoms with E-state index in [0.717, 1.165) is 30.8 Å². The minimum atomic E-state index is 0.507. The van der Waals surface area contributed by atoms with Crippen molar-refractivity contribution in [3.8, 4) is 0 Å². The van der Waals surface area contributed by atoms with Crippen LogP contribution in [-0.2, 0) is 24.4 Å². The minimum absolute atomic E-state index is 0.507. The molecule has 0 bridgehead atoms. The largest absolute Gasteiger partial charge is 0.385 e. The van der Waals surface area contributed by atoms with Gasteiger partial charge in [-0.2, -0.15) is 0 Å². The molecule has 0 aliphatic carbocycles. The molecule has 6 N–H and O–H groups in total. The minimum Gasteiger partial charge on any atom is -0.385 e. The molecule has 0 fully saturated rings. The SMILES string of the molecule is CCCCn1c(C)cc(COCCn2c(N)ccc2N)c1N. The molecule has 2 aromatic rings. The Morgan fingerprint density at radius 3 is 2.36 bits per heavy atom. The molecule has 2 aromatic heterocycles. The number of nitrogens with zero attached hydrogens (tertiary/aromatic N) is 2. The number of rotatable bonds is 8. The second-order valence-electron chi connectivity index (χ2n) is 5.59. The maximum Gasteiger partial charge on any atom is 0.109 e. The number of nitrogens with two attached hydrogens (primary N) is 3. The van der Waals surface area contributed by atoms with Gasteiger partial charge in [-0.05, 0) is 31.5 Å². The van der Waals surface area contributed by atoms with Crippen LogP contribution in [-0.4, -0.2) is 15.7 Å². The topological polar surface area (TPSA) is 97.1 Å². The van der Waals surface area contributed by atoms with E-state index in [-0.39, 0.29) is 0 Å². The fourth-order valence-corrected chi connectivity index (χ4v) is 2.59. The van der Waals surface area contributed by atoms with Crippen molar-refractivity contribution in [2.75, 3.05) is 23.8 Å². The van der Waals surface area contributed by atoms with Crippen LogP contribution >= 0.6 is 0 Å². The van der Waals surface area contributed by atoms with E-state index < -0.39 is 0 Å². The molecule has 0 aliphatic heterocycles.